The van der Waals surface area contributed by atoms with Gasteiger partial charge in [-0.1, -0.05) is 0 Å². The molecule has 0 aromatic carbocycles. The number of alkyl halides is 3. The van der Waals surface area contributed by atoms with E-state index in [1.54, 1.807) is 13.2 Å². The Hall–Kier alpha value is -2.08. The van der Waals surface area contributed by atoms with Crippen molar-refractivity contribution in [2.75, 3.05) is 6.54 Å². The average Bonchev–Trinajstić information content (AvgIpc) is 2.61. The number of carbonyl (C=O) groups excluding carboxylic acids is 1. The van der Waals surface area contributed by atoms with Crippen LogP contribution in [-0.4, -0.2) is 46.4 Å². The molecule has 1 aliphatic carbocycles. The maximum atomic E-state index is 11.6. The van der Waals surface area contributed by atoms with Crippen LogP contribution in [-0.2, 0) is 16.6 Å². The standard InChI is InChI=1S/C14H20BrN3O3.C2HF3O2/c1-18-8-11(15)12(6-14(18)20)21-10-4-2-9(3-5-10)17-13(19)7-16;3-2(4,5)1(6)7/h6,8-10H,2-5,7,16H2,1H3,(H,17,19);(H,6,7)/t9-,10-;. The zero-order valence-electron chi connectivity index (χ0n) is 15.0. The number of hydrogen-bond acceptors (Lipinski definition) is 5. The van der Waals surface area contributed by atoms with E-state index in [2.05, 4.69) is 21.2 Å². The van der Waals surface area contributed by atoms with Gasteiger partial charge >= 0.3 is 12.1 Å². The molecule has 0 spiro atoms. The number of nitrogens with one attached hydrogen (secondary N) is 1. The van der Waals surface area contributed by atoms with Crippen molar-refractivity contribution in [3.8, 4) is 5.75 Å². The minimum Gasteiger partial charge on any atom is -0.489 e. The summed E-state index contributed by atoms with van der Waals surface area (Å²) >= 11 is 3.41. The number of pyridine rings is 1. The number of aryl methyl sites for hydroxylation is 1. The molecule has 12 heteroatoms. The van der Waals surface area contributed by atoms with Crippen LogP contribution in [0.4, 0.5) is 13.2 Å². The number of nitrogens with two attached hydrogens (primary N) is 1. The van der Waals surface area contributed by atoms with Crippen LogP contribution in [0.25, 0.3) is 0 Å². The molecule has 28 heavy (non-hydrogen) atoms. The zero-order valence-corrected chi connectivity index (χ0v) is 16.5. The number of aromatic nitrogens is 1. The molecule has 0 aliphatic heterocycles. The predicted molar refractivity (Wildman–Crippen MR) is 96.9 cm³/mol. The van der Waals surface area contributed by atoms with Crippen LogP contribution in [0.3, 0.4) is 0 Å². The molecule has 0 atom stereocenters. The lowest BCUT2D eigenvalue weighted by Gasteiger charge is -2.29. The Morgan fingerprint density at radius 1 is 1.36 bits per heavy atom. The van der Waals surface area contributed by atoms with Gasteiger partial charge in [-0.25, -0.2) is 4.79 Å². The maximum absolute atomic E-state index is 11.6. The molecule has 0 unspecified atom stereocenters. The van der Waals surface area contributed by atoms with Gasteiger partial charge in [0.1, 0.15) is 5.75 Å². The molecule has 0 saturated heterocycles. The molecule has 1 amide bonds. The van der Waals surface area contributed by atoms with Gasteiger partial charge in [-0.05, 0) is 41.6 Å². The number of halogens is 4. The summed E-state index contributed by atoms with van der Waals surface area (Å²) in [6.45, 7) is 0.0245. The summed E-state index contributed by atoms with van der Waals surface area (Å²) in [4.78, 5) is 31.8. The Bertz CT molecular complexity index is 746. The second-order valence-electron chi connectivity index (χ2n) is 6.10. The molecule has 4 N–H and O–H groups in total. The molecule has 158 valence electrons. The van der Waals surface area contributed by atoms with Gasteiger partial charge in [-0.3, -0.25) is 9.59 Å². The number of amides is 1. The van der Waals surface area contributed by atoms with Crippen molar-refractivity contribution in [3.05, 3.63) is 27.1 Å². The van der Waals surface area contributed by atoms with Crippen molar-refractivity contribution < 1.29 is 32.6 Å². The minimum atomic E-state index is -5.08. The molecule has 2 rings (SSSR count). The first-order valence-corrected chi connectivity index (χ1v) is 9.05. The molecule has 0 bridgehead atoms. The van der Waals surface area contributed by atoms with Crippen molar-refractivity contribution in [1.82, 2.24) is 9.88 Å². The Balaban J connectivity index is 0.000000480. The molecule has 1 aliphatic rings. The lowest BCUT2D eigenvalue weighted by atomic mass is 9.93. The molecule has 8 nitrogen and oxygen atoms in total. The number of hydrogen-bond donors (Lipinski definition) is 3. The van der Waals surface area contributed by atoms with Crippen molar-refractivity contribution in [1.29, 1.82) is 0 Å². The summed E-state index contributed by atoms with van der Waals surface area (Å²) in [5.74, 6) is -2.30. The van der Waals surface area contributed by atoms with E-state index in [0.29, 0.717) is 5.75 Å². The van der Waals surface area contributed by atoms with E-state index in [1.165, 1.54) is 10.6 Å². The molecule has 1 saturated carbocycles. The summed E-state index contributed by atoms with van der Waals surface area (Å²) in [7, 11) is 1.70. The second-order valence-corrected chi connectivity index (χ2v) is 6.96. The maximum Gasteiger partial charge on any atom is 0.490 e. The van der Waals surface area contributed by atoms with E-state index >= 15 is 0 Å². The van der Waals surface area contributed by atoms with Crippen molar-refractivity contribution in [2.24, 2.45) is 12.8 Å². The number of ether oxygens (including phenoxy) is 1. The van der Waals surface area contributed by atoms with Gasteiger partial charge in [0, 0.05) is 25.4 Å². The molecular weight excluding hydrogens is 451 g/mol. The van der Waals surface area contributed by atoms with Gasteiger partial charge < -0.3 is 25.5 Å². The number of aliphatic carboxylic acids is 1. The van der Waals surface area contributed by atoms with Crippen LogP contribution in [0.15, 0.2) is 21.5 Å². The predicted octanol–water partition coefficient (Wildman–Crippen LogP) is 1.55. The van der Waals surface area contributed by atoms with Gasteiger partial charge in [0.2, 0.25) is 5.91 Å². The molecule has 1 aromatic rings. The fourth-order valence-electron chi connectivity index (χ4n) is 2.46. The van der Waals surface area contributed by atoms with Crippen LogP contribution in [0.2, 0.25) is 0 Å². The van der Waals surface area contributed by atoms with Gasteiger partial charge in [-0.15, -0.1) is 0 Å². The number of nitrogens with zero attached hydrogens (tertiary/aromatic N) is 1. The summed E-state index contributed by atoms with van der Waals surface area (Å²) in [5.41, 5.74) is 5.19. The molecule has 1 heterocycles. The first-order valence-electron chi connectivity index (χ1n) is 8.26. The average molecular weight is 472 g/mol. The van der Waals surface area contributed by atoms with E-state index in [4.69, 9.17) is 20.4 Å². The Kier molecular flexibility index (Phi) is 8.95. The Labute approximate surface area is 167 Å². The highest BCUT2D eigenvalue weighted by Crippen LogP contribution is 2.28. The number of carboxylic acids is 1. The largest absolute Gasteiger partial charge is 0.490 e. The van der Waals surface area contributed by atoms with Gasteiger partial charge in [0.15, 0.2) is 0 Å². The van der Waals surface area contributed by atoms with Crippen molar-refractivity contribution in [3.63, 3.8) is 0 Å². The molecule has 1 fully saturated rings. The molecule has 1 aromatic heterocycles. The smallest absolute Gasteiger partial charge is 0.489 e. The third-order valence-electron chi connectivity index (χ3n) is 3.91. The highest BCUT2D eigenvalue weighted by Gasteiger charge is 2.38. The normalized spacial score (nSPS) is 19.2. The van der Waals surface area contributed by atoms with Gasteiger partial charge in [0.05, 0.1) is 17.1 Å². The first kappa shape index (κ1) is 24.0. The Morgan fingerprint density at radius 3 is 2.36 bits per heavy atom. The first-order chi connectivity index (χ1) is 12.9. The van der Waals surface area contributed by atoms with E-state index in [9.17, 15) is 22.8 Å². The monoisotopic (exact) mass is 471 g/mol. The summed E-state index contributed by atoms with van der Waals surface area (Å²) < 4.78 is 39.9. The van der Waals surface area contributed by atoms with Crippen LogP contribution >= 0.6 is 15.9 Å². The summed E-state index contributed by atoms with van der Waals surface area (Å²) in [6.07, 6.45) is 0.0936. The quantitative estimate of drug-likeness (QED) is 0.611. The van der Waals surface area contributed by atoms with Crippen LogP contribution in [0, 0.1) is 0 Å². The molecule has 0 radical (unpaired) electrons. The lowest BCUT2D eigenvalue weighted by molar-refractivity contribution is -0.192. The van der Waals surface area contributed by atoms with E-state index < -0.39 is 12.1 Å². The summed E-state index contributed by atoms with van der Waals surface area (Å²) in [6, 6.07) is 1.67. The minimum absolute atomic E-state index is 0.0245. The number of carboxylic acid groups (broad SMARTS) is 1. The lowest BCUT2D eigenvalue weighted by Crippen LogP contribution is -2.42. The SMILES string of the molecule is Cn1cc(Br)c(O[C@H]2CC[C@H](NC(=O)CN)CC2)cc1=O.O=C(O)C(F)(F)F. The Morgan fingerprint density at radius 2 is 1.89 bits per heavy atom. The highest BCUT2D eigenvalue weighted by atomic mass is 79.9. The third-order valence-corrected chi connectivity index (χ3v) is 4.50. The number of carbonyl (C=O) groups is 2. The molecular formula is C16H21BrF3N3O5. The van der Waals surface area contributed by atoms with Crippen LogP contribution in [0.5, 0.6) is 5.75 Å². The third kappa shape index (κ3) is 7.89. The van der Waals surface area contributed by atoms with Crippen LogP contribution in [0.1, 0.15) is 25.7 Å². The topological polar surface area (TPSA) is 124 Å². The van der Waals surface area contributed by atoms with Crippen molar-refractivity contribution in [2.45, 2.75) is 44.0 Å². The fourth-order valence-corrected chi connectivity index (χ4v) is 2.98. The fraction of sp³-hybridized carbons (Fsp3) is 0.562. The van der Waals surface area contributed by atoms with Gasteiger partial charge in [0.25, 0.3) is 5.56 Å². The van der Waals surface area contributed by atoms with E-state index in [-0.39, 0.29) is 30.2 Å². The number of rotatable bonds is 4. The second kappa shape index (κ2) is 10.5. The summed E-state index contributed by atoms with van der Waals surface area (Å²) in [5, 5.41) is 10.0. The zero-order chi connectivity index (χ0) is 21.5. The van der Waals surface area contributed by atoms with E-state index in [1.807, 2.05) is 0 Å². The van der Waals surface area contributed by atoms with Gasteiger partial charge in [-0.2, -0.15) is 13.2 Å². The van der Waals surface area contributed by atoms with Crippen molar-refractivity contribution >= 4 is 27.8 Å². The van der Waals surface area contributed by atoms with E-state index in [0.717, 1.165) is 30.2 Å². The highest BCUT2D eigenvalue weighted by molar-refractivity contribution is 9.10. The van der Waals surface area contributed by atoms with Crippen LogP contribution < -0.4 is 21.3 Å².